The third-order valence-corrected chi connectivity index (χ3v) is 6.04. The van der Waals surface area contributed by atoms with Crippen molar-refractivity contribution < 1.29 is 27.4 Å². The molecule has 0 bridgehead atoms. The summed E-state index contributed by atoms with van der Waals surface area (Å²) in [5.41, 5.74) is 0.898. The Balaban J connectivity index is 1.50. The minimum Gasteiger partial charge on any atom is -0.475 e. The van der Waals surface area contributed by atoms with Crippen molar-refractivity contribution in [3.63, 3.8) is 0 Å². The van der Waals surface area contributed by atoms with Crippen molar-refractivity contribution in [2.75, 3.05) is 20.3 Å². The van der Waals surface area contributed by atoms with Gasteiger partial charge in [-0.3, -0.25) is 0 Å². The maximum Gasteiger partial charge on any atom is 0.409 e. The summed E-state index contributed by atoms with van der Waals surface area (Å²) in [6, 6.07) is 3.10. The highest BCUT2D eigenvalue weighted by Crippen LogP contribution is 2.37. The zero-order chi connectivity index (χ0) is 22.7. The zero-order valence-electron chi connectivity index (χ0n) is 17.8. The Bertz CT molecular complexity index is 945. The topological polar surface area (TPSA) is 82.4 Å². The van der Waals surface area contributed by atoms with E-state index in [1.165, 1.54) is 17.9 Å². The number of carbonyl (C=O) groups excluding carboxylic acids is 1. The monoisotopic (exact) mass is 453 g/mol. The van der Waals surface area contributed by atoms with Gasteiger partial charge in [0.05, 0.1) is 24.5 Å². The summed E-state index contributed by atoms with van der Waals surface area (Å²) < 4.78 is 51.9. The first-order valence-corrected chi connectivity index (χ1v) is 10.7. The predicted molar refractivity (Wildman–Crippen MR) is 108 cm³/mol. The Hall–Kier alpha value is -2.85. The van der Waals surface area contributed by atoms with Gasteiger partial charge in [-0.2, -0.15) is 10.1 Å². The highest BCUT2D eigenvalue weighted by atomic mass is 19.3. The molecule has 1 aliphatic heterocycles. The summed E-state index contributed by atoms with van der Waals surface area (Å²) >= 11 is 0. The molecule has 174 valence electrons. The van der Waals surface area contributed by atoms with E-state index < -0.39 is 18.7 Å². The van der Waals surface area contributed by atoms with E-state index in [1.54, 1.807) is 17.2 Å². The number of nitrogens with zero attached hydrogens (tertiary/aromatic N) is 5. The number of amides is 1. The first-order valence-electron chi connectivity index (χ1n) is 10.7. The van der Waals surface area contributed by atoms with Crippen LogP contribution in [0.5, 0.6) is 5.88 Å². The predicted octanol–water partition coefficient (Wildman–Crippen LogP) is 3.72. The van der Waals surface area contributed by atoms with Crippen LogP contribution < -0.4 is 4.74 Å². The molecule has 2 aromatic heterocycles. The average molecular weight is 453 g/mol. The molecule has 1 atom stereocenters. The molecule has 0 spiro atoms. The maximum absolute atomic E-state index is 13.5. The standard InChI is InChI=1S/C21H26F3N5O3/c1-31-20(30)28-8-5-17(28)13-32-18-11-16(10-14-2-6-21(23,24)7-3-14)25-19(26-18)29-9-4-15(12-22)27-29/h4,9,11,14,17H,2-3,5-8,10,12-13H2,1H3. The molecule has 2 aromatic rings. The Labute approximate surface area is 183 Å². The molecule has 3 heterocycles. The summed E-state index contributed by atoms with van der Waals surface area (Å²) in [5, 5.41) is 4.11. The van der Waals surface area contributed by atoms with Crippen LogP contribution in [0.15, 0.2) is 18.3 Å². The van der Waals surface area contributed by atoms with Crippen LogP contribution in [0.4, 0.5) is 18.0 Å². The van der Waals surface area contributed by atoms with E-state index >= 15 is 0 Å². The maximum atomic E-state index is 13.5. The Morgan fingerprint density at radius 2 is 2.00 bits per heavy atom. The van der Waals surface area contributed by atoms with Gasteiger partial charge in [0.1, 0.15) is 13.3 Å². The number of hydrogen-bond acceptors (Lipinski definition) is 6. The van der Waals surface area contributed by atoms with Crippen LogP contribution in [-0.4, -0.2) is 63.0 Å². The third kappa shape index (κ3) is 5.13. The molecule has 11 heteroatoms. The number of halogens is 3. The van der Waals surface area contributed by atoms with Crippen molar-refractivity contribution >= 4 is 6.09 Å². The fourth-order valence-corrected chi connectivity index (χ4v) is 4.04. The molecule has 1 saturated heterocycles. The van der Waals surface area contributed by atoms with Gasteiger partial charge in [0.25, 0.3) is 5.95 Å². The zero-order valence-corrected chi connectivity index (χ0v) is 17.8. The highest BCUT2D eigenvalue weighted by molar-refractivity contribution is 5.68. The molecule has 2 aliphatic rings. The molecule has 4 rings (SSSR count). The SMILES string of the molecule is COC(=O)N1CCC1COc1cc(CC2CCC(F)(F)CC2)nc(-n2ccc(CF)n2)n1. The van der Waals surface area contributed by atoms with Gasteiger partial charge in [-0.15, -0.1) is 0 Å². The number of hydrogen-bond donors (Lipinski definition) is 0. The molecule has 1 aliphatic carbocycles. The van der Waals surface area contributed by atoms with Crippen molar-refractivity contribution in [2.24, 2.45) is 5.92 Å². The Morgan fingerprint density at radius 1 is 1.22 bits per heavy atom. The first-order chi connectivity index (χ1) is 15.4. The van der Waals surface area contributed by atoms with E-state index in [0.29, 0.717) is 37.4 Å². The fraction of sp³-hybridized carbons (Fsp3) is 0.619. The molecule has 0 N–H and O–H groups in total. The van der Waals surface area contributed by atoms with E-state index in [0.717, 1.165) is 6.42 Å². The number of rotatable bonds is 7. The molecule has 8 nitrogen and oxygen atoms in total. The number of methoxy groups -OCH3 is 1. The second-order valence-corrected chi connectivity index (χ2v) is 8.30. The van der Waals surface area contributed by atoms with Gasteiger partial charge in [-0.1, -0.05) is 0 Å². The summed E-state index contributed by atoms with van der Waals surface area (Å²) in [5.74, 6) is -1.99. The first kappa shape index (κ1) is 22.3. The van der Waals surface area contributed by atoms with Crippen LogP contribution in [0.1, 0.15) is 43.5 Å². The number of carbonyl (C=O) groups is 1. The summed E-state index contributed by atoms with van der Waals surface area (Å²) in [6.07, 6.45) is 3.05. The number of aromatic nitrogens is 4. The van der Waals surface area contributed by atoms with Gasteiger partial charge in [-0.05, 0) is 37.7 Å². The number of alkyl halides is 3. The second kappa shape index (κ2) is 9.33. The number of likely N-dealkylation sites (tertiary alicyclic amines) is 1. The van der Waals surface area contributed by atoms with Gasteiger partial charge in [0.2, 0.25) is 11.8 Å². The van der Waals surface area contributed by atoms with Crippen molar-refractivity contribution in [1.29, 1.82) is 0 Å². The minimum atomic E-state index is -2.59. The molecule has 1 amide bonds. The highest BCUT2D eigenvalue weighted by Gasteiger charge is 2.35. The second-order valence-electron chi connectivity index (χ2n) is 8.30. The van der Waals surface area contributed by atoms with Crippen molar-refractivity contribution in [3.05, 3.63) is 29.7 Å². The Kier molecular flexibility index (Phi) is 6.52. The van der Waals surface area contributed by atoms with E-state index in [-0.39, 0.29) is 43.1 Å². The number of ether oxygens (including phenoxy) is 2. The quantitative estimate of drug-likeness (QED) is 0.636. The van der Waals surface area contributed by atoms with E-state index in [2.05, 4.69) is 15.1 Å². The minimum absolute atomic E-state index is 0.0886. The lowest BCUT2D eigenvalue weighted by Crippen LogP contribution is -2.53. The molecule has 32 heavy (non-hydrogen) atoms. The van der Waals surface area contributed by atoms with E-state index in [9.17, 15) is 18.0 Å². The molecular formula is C21H26F3N5O3. The third-order valence-electron chi connectivity index (χ3n) is 6.04. The van der Waals surface area contributed by atoms with Crippen molar-refractivity contribution in [3.8, 4) is 11.8 Å². The molecular weight excluding hydrogens is 427 g/mol. The molecule has 0 radical (unpaired) electrons. The van der Waals surface area contributed by atoms with Crippen LogP contribution in [0.3, 0.4) is 0 Å². The molecule has 1 unspecified atom stereocenters. The Morgan fingerprint density at radius 3 is 2.62 bits per heavy atom. The van der Waals surface area contributed by atoms with Gasteiger partial charge in [0, 0.05) is 31.6 Å². The average Bonchev–Trinajstić information content (AvgIpc) is 3.24. The van der Waals surface area contributed by atoms with Gasteiger partial charge in [-0.25, -0.2) is 27.6 Å². The lowest BCUT2D eigenvalue weighted by Gasteiger charge is -2.39. The smallest absolute Gasteiger partial charge is 0.409 e. The van der Waals surface area contributed by atoms with E-state index in [1.807, 2.05) is 0 Å². The molecule has 1 saturated carbocycles. The van der Waals surface area contributed by atoms with Crippen LogP contribution in [-0.2, 0) is 17.8 Å². The van der Waals surface area contributed by atoms with Crippen molar-refractivity contribution in [1.82, 2.24) is 24.6 Å². The lowest BCUT2D eigenvalue weighted by atomic mass is 9.84. The molecule has 0 aromatic carbocycles. The summed E-state index contributed by atoms with van der Waals surface area (Å²) in [6.45, 7) is 0.124. The fourth-order valence-electron chi connectivity index (χ4n) is 4.04. The van der Waals surface area contributed by atoms with Gasteiger partial charge in [0.15, 0.2) is 0 Å². The summed E-state index contributed by atoms with van der Waals surface area (Å²) in [7, 11) is 1.33. The van der Waals surface area contributed by atoms with Crippen LogP contribution in [0.2, 0.25) is 0 Å². The normalized spacial score (nSPS) is 20.6. The van der Waals surface area contributed by atoms with Crippen LogP contribution in [0, 0.1) is 5.92 Å². The molecule has 2 fully saturated rings. The van der Waals surface area contributed by atoms with Crippen LogP contribution >= 0.6 is 0 Å². The van der Waals surface area contributed by atoms with Gasteiger partial charge >= 0.3 is 6.09 Å². The van der Waals surface area contributed by atoms with Crippen molar-refractivity contribution in [2.45, 2.75) is 57.2 Å². The van der Waals surface area contributed by atoms with E-state index in [4.69, 9.17) is 9.47 Å². The summed E-state index contributed by atoms with van der Waals surface area (Å²) in [4.78, 5) is 22.2. The van der Waals surface area contributed by atoms with Crippen LogP contribution in [0.25, 0.3) is 5.95 Å². The largest absolute Gasteiger partial charge is 0.475 e. The lowest BCUT2D eigenvalue weighted by molar-refractivity contribution is -0.0457. The van der Waals surface area contributed by atoms with Gasteiger partial charge < -0.3 is 14.4 Å².